The molecule has 24 heavy (non-hydrogen) atoms. The lowest BCUT2D eigenvalue weighted by molar-refractivity contribution is -0.120. The van der Waals surface area contributed by atoms with Crippen LogP contribution in [0, 0.1) is 0 Å². The van der Waals surface area contributed by atoms with E-state index in [0.29, 0.717) is 31.7 Å². The molecule has 1 aromatic rings. The normalized spacial score (nSPS) is 17.8. The second-order valence-electron chi connectivity index (χ2n) is 5.72. The first-order valence-electron chi connectivity index (χ1n) is 7.95. The van der Waals surface area contributed by atoms with Gasteiger partial charge in [-0.25, -0.2) is 0 Å². The Morgan fingerprint density at radius 3 is 2.67 bits per heavy atom. The number of carbonyl (C=O) groups excluding carboxylic acids is 3. The van der Waals surface area contributed by atoms with E-state index in [9.17, 15) is 14.4 Å². The summed E-state index contributed by atoms with van der Waals surface area (Å²) < 4.78 is 0. The molecular weight excluding hydrogens is 328 g/mol. The number of piperazine rings is 1. The molecule has 128 valence electrons. The Morgan fingerprint density at radius 2 is 2.00 bits per heavy atom. The van der Waals surface area contributed by atoms with Gasteiger partial charge in [-0.1, -0.05) is 11.8 Å². The van der Waals surface area contributed by atoms with E-state index in [1.807, 2.05) is 29.2 Å². The number of benzene rings is 1. The van der Waals surface area contributed by atoms with Gasteiger partial charge in [0.15, 0.2) is 0 Å². The molecule has 0 unspecified atom stereocenters. The molecule has 2 heterocycles. The highest BCUT2D eigenvalue weighted by Gasteiger charge is 2.21. The molecule has 0 bridgehead atoms. The summed E-state index contributed by atoms with van der Waals surface area (Å²) in [6.45, 7) is 2.95. The zero-order valence-electron chi connectivity index (χ0n) is 13.3. The Bertz CT molecular complexity index is 635. The van der Waals surface area contributed by atoms with Crippen LogP contribution in [0.25, 0.3) is 0 Å². The van der Waals surface area contributed by atoms with Crippen LogP contribution in [0.2, 0.25) is 0 Å². The van der Waals surface area contributed by atoms with Crippen molar-refractivity contribution in [3.8, 4) is 0 Å². The fourth-order valence-corrected chi connectivity index (χ4v) is 3.55. The Morgan fingerprint density at radius 1 is 1.21 bits per heavy atom. The van der Waals surface area contributed by atoms with Crippen molar-refractivity contribution >= 4 is 40.2 Å². The third-order valence-corrected chi connectivity index (χ3v) is 4.90. The fourth-order valence-electron chi connectivity index (χ4n) is 2.70. The summed E-state index contributed by atoms with van der Waals surface area (Å²) in [5, 5.41) is 5.68. The van der Waals surface area contributed by atoms with E-state index in [1.54, 1.807) is 4.90 Å². The van der Waals surface area contributed by atoms with Crippen molar-refractivity contribution in [1.29, 1.82) is 0 Å². The molecule has 0 atom stereocenters. The average Bonchev–Trinajstić information content (AvgIpc) is 2.99. The molecule has 0 saturated carbocycles. The van der Waals surface area contributed by atoms with Crippen LogP contribution in [0.3, 0.4) is 0 Å². The minimum absolute atomic E-state index is 0.0215. The minimum Gasteiger partial charge on any atom is -0.360 e. The van der Waals surface area contributed by atoms with Crippen LogP contribution >= 0.6 is 11.8 Å². The Hall–Kier alpha value is -2.22. The van der Waals surface area contributed by atoms with Gasteiger partial charge in [-0.3, -0.25) is 14.4 Å². The van der Waals surface area contributed by atoms with E-state index in [4.69, 9.17) is 0 Å². The van der Waals surface area contributed by atoms with Crippen molar-refractivity contribution in [3.63, 3.8) is 0 Å². The third-order valence-electron chi connectivity index (χ3n) is 4.01. The first-order valence-corrected chi connectivity index (χ1v) is 8.93. The van der Waals surface area contributed by atoms with Gasteiger partial charge >= 0.3 is 0 Å². The van der Waals surface area contributed by atoms with Gasteiger partial charge in [0.25, 0.3) is 5.24 Å². The number of nitrogens with one attached hydrogen (secondary N) is 2. The zero-order valence-corrected chi connectivity index (χ0v) is 14.1. The van der Waals surface area contributed by atoms with Crippen molar-refractivity contribution in [2.75, 3.05) is 48.7 Å². The lowest BCUT2D eigenvalue weighted by Crippen LogP contribution is -2.47. The van der Waals surface area contributed by atoms with Gasteiger partial charge in [-0.15, -0.1) is 0 Å². The molecule has 0 aliphatic carbocycles. The van der Waals surface area contributed by atoms with Crippen LogP contribution < -0.4 is 15.5 Å². The quantitative estimate of drug-likeness (QED) is 0.833. The summed E-state index contributed by atoms with van der Waals surface area (Å²) in [6, 6.07) is 7.46. The maximum Gasteiger partial charge on any atom is 0.281 e. The molecule has 3 amide bonds. The number of amides is 3. The molecule has 1 aromatic carbocycles. The summed E-state index contributed by atoms with van der Waals surface area (Å²) in [5.74, 6) is 0.717. The van der Waals surface area contributed by atoms with E-state index < -0.39 is 0 Å². The van der Waals surface area contributed by atoms with Crippen LogP contribution in [-0.4, -0.2) is 60.4 Å². The number of carbonyl (C=O) groups is 3. The molecule has 0 radical (unpaired) electrons. The number of rotatable bonds is 5. The maximum atomic E-state index is 12.0. The zero-order chi connectivity index (χ0) is 16.9. The predicted molar refractivity (Wildman–Crippen MR) is 94.3 cm³/mol. The molecule has 2 N–H and O–H groups in total. The molecule has 2 aliphatic rings. The minimum atomic E-state index is -0.107. The first-order chi connectivity index (χ1) is 11.6. The van der Waals surface area contributed by atoms with Crippen molar-refractivity contribution in [1.82, 2.24) is 10.2 Å². The monoisotopic (exact) mass is 348 g/mol. The Balaban J connectivity index is 1.49. The van der Waals surface area contributed by atoms with E-state index in [2.05, 4.69) is 10.6 Å². The number of thioether (sulfide) groups is 1. The van der Waals surface area contributed by atoms with Crippen molar-refractivity contribution in [2.24, 2.45) is 0 Å². The highest BCUT2D eigenvalue weighted by molar-refractivity contribution is 8.13. The van der Waals surface area contributed by atoms with Gasteiger partial charge < -0.3 is 20.4 Å². The number of nitrogens with zero attached hydrogens (tertiary/aromatic N) is 2. The molecule has 7 nitrogen and oxygen atoms in total. The fraction of sp³-hybridized carbons (Fsp3) is 0.438. The number of hydrogen-bond acceptors (Lipinski definition) is 5. The van der Waals surface area contributed by atoms with Gasteiger partial charge in [0.1, 0.15) is 0 Å². The van der Waals surface area contributed by atoms with Gasteiger partial charge in [0.2, 0.25) is 11.8 Å². The largest absolute Gasteiger partial charge is 0.360 e. The molecule has 8 heteroatoms. The lowest BCUT2D eigenvalue weighted by atomic mass is 10.2. The van der Waals surface area contributed by atoms with Crippen LogP contribution in [0.1, 0.15) is 6.42 Å². The molecule has 0 spiro atoms. The molecule has 2 aliphatic heterocycles. The second kappa shape index (κ2) is 7.57. The standard InChI is InChI=1S/C16H20N4O3S/c21-14(5-7-19-9-10-24-16(19)23)18-12-1-3-13(4-2-12)20-8-6-17-15(22)11-20/h1-4H,5-11H2,(H,17,22)(H,18,21). The van der Waals surface area contributed by atoms with Crippen molar-refractivity contribution in [3.05, 3.63) is 24.3 Å². The maximum absolute atomic E-state index is 12.0. The van der Waals surface area contributed by atoms with E-state index in [1.165, 1.54) is 11.8 Å². The van der Waals surface area contributed by atoms with Crippen LogP contribution in [-0.2, 0) is 9.59 Å². The topological polar surface area (TPSA) is 81.8 Å². The highest BCUT2D eigenvalue weighted by atomic mass is 32.2. The lowest BCUT2D eigenvalue weighted by Gasteiger charge is -2.28. The summed E-state index contributed by atoms with van der Waals surface area (Å²) >= 11 is 1.30. The first kappa shape index (κ1) is 16.6. The van der Waals surface area contributed by atoms with Crippen LogP contribution in [0.15, 0.2) is 24.3 Å². The Kier molecular flexibility index (Phi) is 5.24. The van der Waals surface area contributed by atoms with Gasteiger partial charge in [-0.05, 0) is 24.3 Å². The summed E-state index contributed by atoms with van der Waals surface area (Å²) in [7, 11) is 0. The van der Waals surface area contributed by atoms with Crippen LogP contribution in [0.5, 0.6) is 0 Å². The van der Waals surface area contributed by atoms with Crippen molar-refractivity contribution in [2.45, 2.75) is 6.42 Å². The predicted octanol–water partition coefficient (Wildman–Crippen LogP) is 1.12. The average molecular weight is 348 g/mol. The smallest absolute Gasteiger partial charge is 0.281 e. The summed E-state index contributed by atoms with van der Waals surface area (Å²) in [6.07, 6.45) is 0.292. The van der Waals surface area contributed by atoms with E-state index in [-0.39, 0.29) is 17.1 Å². The highest BCUT2D eigenvalue weighted by Crippen LogP contribution is 2.19. The third kappa shape index (κ3) is 4.19. The number of hydrogen-bond donors (Lipinski definition) is 2. The number of anilines is 2. The van der Waals surface area contributed by atoms with Gasteiger partial charge in [0, 0.05) is 49.7 Å². The van der Waals surface area contributed by atoms with E-state index >= 15 is 0 Å². The summed E-state index contributed by atoms with van der Waals surface area (Å²) in [5.41, 5.74) is 1.68. The Labute approximate surface area is 144 Å². The van der Waals surface area contributed by atoms with Gasteiger partial charge in [-0.2, -0.15) is 0 Å². The van der Waals surface area contributed by atoms with Gasteiger partial charge in [0.05, 0.1) is 6.54 Å². The SMILES string of the molecule is O=C1CN(c2ccc(NC(=O)CCN3CCSC3=O)cc2)CCN1. The van der Waals surface area contributed by atoms with Crippen molar-refractivity contribution < 1.29 is 14.4 Å². The molecule has 0 aromatic heterocycles. The van der Waals surface area contributed by atoms with Crippen LogP contribution in [0.4, 0.5) is 16.2 Å². The van der Waals surface area contributed by atoms with E-state index in [0.717, 1.165) is 24.5 Å². The molecular formula is C16H20N4O3S. The molecule has 2 fully saturated rings. The molecule has 2 saturated heterocycles. The molecule has 3 rings (SSSR count). The summed E-state index contributed by atoms with van der Waals surface area (Å²) in [4.78, 5) is 38.6. The second-order valence-corrected chi connectivity index (χ2v) is 6.76.